The van der Waals surface area contributed by atoms with Gasteiger partial charge in [0.05, 0.1) is 0 Å². The molecule has 3 heteroatoms. The van der Waals surface area contributed by atoms with Crippen LogP contribution in [0.4, 0.5) is 8.78 Å². The van der Waals surface area contributed by atoms with E-state index < -0.39 is 11.6 Å². The average molecular weight is 289 g/mol. The second-order valence-corrected chi connectivity index (χ2v) is 5.36. The average Bonchev–Trinajstić information content (AvgIpc) is 2.49. The van der Waals surface area contributed by atoms with Crippen molar-refractivity contribution in [2.45, 2.75) is 32.7 Å². The van der Waals surface area contributed by atoms with Crippen molar-refractivity contribution in [1.82, 2.24) is 5.32 Å². The predicted molar refractivity (Wildman–Crippen MR) is 83.3 cm³/mol. The second kappa shape index (κ2) is 7.32. The normalized spacial score (nSPS) is 12.4. The van der Waals surface area contributed by atoms with Crippen molar-refractivity contribution in [3.63, 3.8) is 0 Å². The first kappa shape index (κ1) is 15.6. The van der Waals surface area contributed by atoms with Gasteiger partial charge in [0.15, 0.2) is 11.6 Å². The van der Waals surface area contributed by atoms with Gasteiger partial charge in [0.25, 0.3) is 0 Å². The molecule has 1 nitrogen and oxygen atoms in total. The van der Waals surface area contributed by atoms with E-state index in [1.807, 2.05) is 24.3 Å². The van der Waals surface area contributed by atoms with Crippen LogP contribution in [0.1, 0.15) is 25.8 Å². The molecule has 21 heavy (non-hydrogen) atoms. The minimum atomic E-state index is -0.811. The van der Waals surface area contributed by atoms with Crippen molar-refractivity contribution in [2.24, 2.45) is 0 Å². The largest absolute Gasteiger partial charge is 0.314 e. The van der Waals surface area contributed by atoms with Crippen LogP contribution in [-0.2, 0) is 6.42 Å². The van der Waals surface area contributed by atoms with Crippen molar-refractivity contribution >= 4 is 0 Å². The molecule has 0 aliphatic carbocycles. The van der Waals surface area contributed by atoms with Gasteiger partial charge in [0.1, 0.15) is 0 Å². The number of benzene rings is 2. The monoisotopic (exact) mass is 289 g/mol. The summed E-state index contributed by atoms with van der Waals surface area (Å²) in [4.78, 5) is 0. The molecular formula is C18H21F2N. The van der Waals surface area contributed by atoms with Crippen molar-refractivity contribution in [1.29, 1.82) is 0 Å². The lowest BCUT2D eigenvalue weighted by molar-refractivity contribution is 0.511. The third-order valence-electron chi connectivity index (χ3n) is 3.50. The molecule has 2 aromatic carbocycles. The summed E-state index contributed by atoms with van der Waals surface area (Å²) in [5.41, 5.74) is 2.19. The third-order valence-corrected chi connectivity index (χ3v) is 3.50. The summed E-state index contributed by atoms with van der Waals surface area (Å²) >= 11 is 0. The summed E-state index contributed by atoms with van der Waals surface area (Å²) in [6.07, 6.45) is 2.04. The summed E-state index contributed by atoms with van der Waals surface area (Å²) in [5, 5.41) is 3.43. The van der Waals surface area contributed by atoms with E-state index >= 15 is 0 Å². The molecule has 0 radical (unpaired) electrons. The van der Waals surface area contributed by atoms with Crippen LogP contribution >= 0.6 is 0 Å². The van der Waals surface area contributed by atoms with Crippen LogP contribution in [-0.4, -0.2) is 12.6 Å². The van der Waals surface area contributed by atoms with E-state index in [4.69, 9.17) is 0 Å². The number of rotatable bonds is 6. The van der Waals surface area contributed by atoms with Gasteiger partial charge in [-0.25, -0.2) is 8.78 Å². The molecule has 1 N–H and O–H groups in total. The Morgan fingerprint density at radius 1 is 1.05 bits per heavy atom. The molecule has 112 valence electrons. The fraction of sp³-hybridized carbons (Fsp3) is 0.333. The Kier molecular flexibility index (Phi) is 5.45. The highest BCUT2D eigenvalue weighted by atomic mass is 19.2. The Morgan fingerprint density at radius 3 is 2.43 bits per heavy atom. The first-order valence-electron chi connectivity index (χ1n) is 7.38. The van der Waals surface area contributed by atoms with Crippen LogP contribution in [0.5, 0.6) is 0 Å². The van der Waals surface area contributed by atoms with Crippen LogP contribution in [0.15, 0.2) is 42.5 Å². The number of hydrogen-bond acceptors (Lipinski definition) is 1. The van der Waals surface area contributed by atoms with E-state index in [2.05, 4.69) is 19.2 Å². The summed E-state index contributed by atoms with van der Waals surface area (Å²) in [6.45, 7) is 5.30. The molecular weight excluding hydrogens is 268 g/mol. The van der Waals surface area contributed by atoms with E-state index in [1.165, 1.54) is 11.6 Å². The third kappa shape index (κ3) is 4.11. The van der Waals surface area contributed by atoms with Crippen LogP contribution in [0, 0.1) is 11.6 Å². The molecule has 2 rings (SSSR count). The quantitative estimate of drug-likeness (QED) is 0.822. The van der Waals surface area contributed by atoms with Gasteiger partial charge in [0, 0.05) is 11.6 Å². The maximum atomic E-state index is 13.8. The van der Waals surface area contributed by atoms with Crippen molar-refractivity contribution in [3.05, 3.63) is 59.7 Å². The minimum Gasteiger partial charge on any atom is -0.314 e. The Balaban J connectivity index is 2.10. The Hall–Kier alpha value is -1.74. The van der Waals surface area contributed by atoms with Crippen LogP contribution in [0.25, 0.3) is 11.1 Å². The maximum Gasteiger partial charge on any atom is 0.166 e. The van der Waals surface area contributed by atoms with Crippen molar-refractivity contribution in [2.75, 3.05) is 6.54 Å². The molecule has 0 spiro atoms. The van der Waals surface area contributed by atoms with E-state index in [0.29, 0.717) is 17.2 Å². The molecule has 0 saturated heterocycles. The van der Waals surface area contributed by atoms with E-state index in [-0.39, 0.29) is 0 Å². The van der Waals surface area contributed by atoms with Gasteiger partial charge in [-0.3, -0.25) is 0 Å². The lowest BCUT2D eigenvalue weighted by Gasteiger charge is -2.13. The molecule has 0 amide bonds. The van der Waals surface area contributed by atoms with Gasteiger partial charge in [-0.2, -0.15) is 0 Å². The predicted octanol–water partition coefficient (Wildman–Crippen LogP) is 4.56. The molecule has 0 aliphatic rings. The smallest absolute Gasteiger partial charge is 0.166 e. The highest BCUT2D eigenvalue weighted by molar-refractivity contribution is 5.64. The zero-order valence-corrected chi connectivity index (χ0v) is 12.5. The van der Waals surface area contributed by atoms with E-state index in [1.54, 1.807) is 6.07 Å². The van der Waals surface area contributed by atoms with Gasteiger partial charge >= 0.3 is 0 Å². The summed E-state index contributed by atoms with van der Waals surface area (Å²) in [7, 11) is 0. The van der Waals surface area contributed by atoms with Crippen LogP contribution in [0.3, 0.4) is 0 Å². The molecule has 0 fully saturated rings. The molecule has 0 aliphatic heterocycles. The topological polar surface area (TPSA) is 12.0 Å². The van der Waals surface area contributed by atoms with Gasteiger partial charge in [0.2, 0.25) is 0 Å². The molecule has 0 heterocycles. The molecule has 2 aromatic rings. The van der Waals surface area contributed by atoms with Gasteiger partial charge in [-0.1, -0.05) is 43.3 Å². The molecule has 0 aromatic heterocycles. The zero-order valence-electron chi connectivity index (χ0n) is 12.5. The minimum absolute atomic E-state index is 0.304. The van der Waals surface area contributed by atoms with Crippen LogP contribution < -0.4 is 5.32 Å². The Labute approximate surface area is 125 Å². The molecule has 1 atom stereocenters. The highest BCUT2D eigenvalue weighted by Gasteiger charge is 2.09. The first-order valence-corrected chi connectivity index (χ1v) is 7.38. The Morgan fingerprint density at radius 2 is 1.76 bits per heavy atom. The first-order chi connectivity index (χ1) is 10.1. The fourth-order valence-corrected chi connectivity index (χ4v) is 2.36. The standard InChI is InChI=1S/C18H21F2N/c1-3-11-21-13(2)12-14-7-9-15(10-8-14)16-5-4-6-17(19)18(16)20/h4-10,13,21H,3,11-12H2,1-2H3. The van der Waals surface area contributed by atoms with Gasteiger partial charge < -0.3 is 5.32 Å². The molecule has 1 unspecified atom stereocenters. The lowest BCUT2D eigenvalue weighted by atomic mass is 10.0. The number of halogens is 2. The van der Waals surface area contributed by atoms with E-state index in [9.17, 15) is 8.78 Å². The van der Waals surface area contributed by atoms with Crippen LogP contribution in [0.2, 0.25) is 0 Å². The number of nitrogens with one attached hydrogen (secondary N) is 1. The SMILES string of the molecule is CCCNC(C)Cc1ccc(-c2cccc(F)c2F)cc1. The lowest BCUT2D eigenvalue weighted by Crippen LogP contribution is -2.28. The summed E-state index contributed by atoms with van der Waals surface area (Å²) < 4.78 is 27.0. The maximum absolute atomic E-state index is 13.8. The Bertz CT molecular complexity index is 578. The molecule has 0 saturated carbocycles. The summed E-state index contributed by atoms with van der Waals surface area (Å²) in [6, 6.07) is 12.3. The fourth-order valence-electron chi connectivity index (χ4n) is 2.36. The van der Waals surface area contributed by atoms with Crippen molar-refractivity contribution < 1.29 is 8.78 Å². The number of hydrogen-bond donors (Lipinski definition) is 1. The molecule has 0 bridgehead atoms. The van der Waals surface area contributed by atoms with Crippen molar-refractivity contribution in [3.8, 4) is 11.1 Å². The second-order valence-electron chi connectivity index (χ2n) is 5.36. The van der Waals surface area contributed by atoms with Gasteiger partial charge in [-0.15, -0.1) is 0 Å². The highest BCUT2D eigenvalue weighted by Crippen LogP contribution is 2.24. The van der Waals surface area contributed by atoms with E-state index in [0.717, 1.165) is 25.5 Å². The zero-order chi connectivity index (χ0) is 15.2. The van der Waals surface area contributed by atoms with Gasteiger partial charge in [-0.05, 0) is 43.5 Å². The summed E-state index contributed by atoms with van der Waals surface area (Å²) in [5.74, 6) is -1.60.